The van der Waals surface area contributed by atoms with E-state index >= 15 is 0 Å². The molecule has 0 aliphatic carbocycles. The van der Waals surface area contributed by atoms with Gasteiger partial charge < -0.3 is 20.1 Å². The Morgan fingerprint density at radius 1 is 1.18 bits per heavy atom. The van der Waals surface area contributed by atoms with Crippen LogP contribution in [0.3, 0.4) is 0 Å². The molecule has 0 saturated carbocycles. The summed E-state index contributed by atoms with van der Waals surface area (Å²) in [6, 6.07) is 12.1. The number of pyridine rings is 2. The number of aliphatic hydroxyl groups is 1. The molecule has 34 heavy (non-hydrogen) atoms. The van der Waals surface area contributed by atoms with E-state index in [-0.39, 0.29) is 5.91 Å². The summed E-state index contributed by atoms with van der Waals surface area (Å²) in [5, 5.41) is 14.2. The minimum atomic E-state index is -0.654. The van der Waals surface area contributed by atoms with E-state index in [1.165, 1.54) is 5.56 Å². The van der Waals surface area contributed by atoms with Gasteiger partial charge in [-0.05, 0) is 67.5 Å². The van der Waals surface area contributed by atoms with Crippen molar-refractivity contribution in [3.63, 3.8) is 0 Å². The lowest BCUT2D eigenvalue weighted by Gasteiger charge is -2.38. The van der Waals surface area contributed by atoms with Gasteiger partial charge in [0.25, 0.3) is 0 Å². The Balaban J connectivity index is 1.14. The summed E-state index contributed by atoms with van der Waals surface area (Å²) in [5.74, 6) is 1.14. The van der Waals surface area contributed by atoms with Gasteiger partial charge in [0.05, 0.1) is 35.2 Å². The summed E-state index contributed by atoms with van der Waals surface area (Å²) in [6.07, 6.45) is 5.74. The topological polar surface area (TPSA) is 87.6 Å². The highest BCUT2D eigenvalue weighted by atomic mass is 32.2. The normalized spacial score (nSPS) is 17.9. The van der Waals surface area contributed by atoms with Crippen LogP contribution < -0.4 is 10.1 Å². The van der Waals surface area contributed by atoms with Crippen LogP contribution in [-0.2, 0) is 17.6 Å². The summed E-state index contributed by atoms with van der Waals surface area (Å²) in [6.45, 7) is 2.73. The number of amides is 1. The zero-order valence-corrected chi connectivity index (χ0v) is 20.2. The molecule has 1 fully saturated rings. The second kappa shape index (κ2) is 9.90. The minimum Gasteiger partial charge on any atom is -0.481 e. The molecule has 0 atom stereocenters. The first kappa shape index (κ1) is 23.1. The number of methoxy groups -OCH3 is 1. The van der Waals surface area contributed by atoms with Crippen LogP contribution >= 0.6 is 11.8 Å². The maximum absolute atomic E-state index is 11.7. The number of anilines is 1. The van der Waals surface area contributed by atoms with E-state index in [1.54, 1.807) is 18.9 Å². The smallest absolute Gasteiger partial charge is 0.234 e. The molecular formula is C26H30N4O3S. The number of nitrogens with zero attached hydrogens (tertiary/aromatic N) is 3. The summed E-state index contributed by atoms with van der Waals surface area (Å²) < 4.78 is 5.28. The third-order valence-electron chi connectivity index (χ3n) is 6.89. The van der Waals surface area contributed by atoms with Crippen molar-refractivity contribution in [3.8, 4) is 5.88 Å². The number of aromatic nitrogens is 2. The zero-order valence-electron chi connectivity index (χ0n) is 19.4. The van der Waals surface area contributed by atoms with Gasteiger partial charge >= 0.3 is 0 Å². The number of ether oxygens (including phenoxy) is 1. The van der Waals surface area contributed by atoms with Crippen LogP contribution in [0.5, 0.6) is 5.88 Å². The van der Waals surface area contributed by atoms with E-state index in [4.69, 9.17) is 4.74 Å². The second-order valence-corrected chi connectivity index (χ2v) is 10.2. The molecule has 8 heteroatoms. The predicted molar refractivity (Wildman–Crippen MR) is 135 cm³/mol. The molecule has 2 N–H and O–H groups in total. The van der Waals surface area contributed by atoms with E-state index < -0.39 is 5.60 Å². The van der Waals surface area contributed by atoms with Gasteiger partial charge in [-0.25, -0.2) is 4.98 Å². The summed E-state index contributed by atoms with van der Waals surface area (Å²) >= 11 is 1.59. The Bertz CT molecular complexity index is 1190. The lowest BCUT2D eigenvalue weighted by Crippen LogP contribution is -2.45. The average Bonchev–Trinajstić information content (AvgIpc) is 2.86. The summed E-state index contributed by atoms with van der Waals surface area (Å²) in [5.41, 5.74) is 4.30. The van der Waals surface area contributed by atoms with Crippen LogP contribution in [0.1, 0.15) is 30.4 Å². The molecule has 2 aliphatic heterocycles. The highest BCUT2D eigenvalue weighted by Crippen LogP contribution is 2.33. The molecule has 4 heterocycles. The van der Waals surface area contributed by atoms with E-state index in [9.17, 15) is 9.90 Å². The van der Waals surface area contributed by atoms with Crippen molar-refractivity contribution in [1.82, 2.24) is 14.9 Å². The molecule has 2 aromatic heterocycles. The quantitative estimate of drug-likeness (QED) is 0.536. The fourth-order valence-electron chi connectivity index (χ4n) is 4.76. The number of thioether (sulfide) groups is 1. The number of likely N-dealkylation sites (tertiary alicyclic amines) is 1. The molecule has 7 nitrogen and oxygen atoms in total. The number of carbonyl (C=O) groups excluding carboxylic acids is 1. The number of hydrogen-bond donors (Lipinski definition) is 2. The maximum Gasteiger partial charge on any atom is 0.234 e. The second-order valence-electron chi connectivity index (χ2n) is 9.17. The highest BCUT2D eigenvalue weighted by molar-refractivity contribution is 8.00. The molecule has 0 bridgehead atoms. The van der Waals surface area contributed by atoms with Crippen LogP contribution in [0.2, 0.25) is 0 Å². The highest BCUT2D eigenvalue weighted by Gasteiger charge is 2.32. The van der Waals surface area contributed by atoms with Crippen molar-refractivity contribution in [1.29, 1.82) is 0 Å². The predicted octanol–water partition coefficient (Wildman–Crippen LogP) is 3.68. The molecule has 3 aromatic rings. The van der Waals surface area contributed by atoms with Gasteiger partial charge in [0, 0.05) is 36.8 Å². The Kier molecular flexibility index (Phi) is 6.72. The Hall–Kier alpha value is -2.68. The minimum absolute atomic E-state index is 0.0691. The largest absolute Gasteiger partial charge is 0.481 e. The Labute approximate surface area is 203 Å². The number of carbonyl (C=O) groups is 1. The van der Waals surface area contributed by atoms with Crippen molar-refractivity contribution in [3.05, 3.63) is 53.7 Å². The first-order chi connectivity index (χ1) is 16.5. The zero-order chi connectivity index (χ0) is 23.5. The number of nitrogens with one attached hydrogen (secondary N) is 1. The van der Waals surface area contributed by atoms with Crippen LogP contribution in [-0.4, -0.2) is 64.0 Å². The van der Waals surface area contributed by atoms with E-state index in [0.29, 0.717) is 18.1 Å². The molecule has 0 unspecified atom stereocenters. The lowest BCUT2D eigenvalue weighted by molar-refractivity contribution is -0.113. The average molecular weight is 479 g/mol. The molecule has 178 valence electrons. The lowest BCUT2D eigenvalue weighted by atomic mass is 9.85. The molecule has 1 aromatic carbocycles. The van der Waals surface area contributed by atoms with Gasteiger partial charge in [-0.1, -0.05) is 6.07 Å². The van der Waals surface area contributed by atoms with Crippen LogP contribution in [0, 0.1) is 0 Å². The van der Waals surface area contributed by atoms with Crippen LogP contribution in [0.25, 0.3) is 11.0 Å². The van der Waals surface area contributed by atoms with Crippen molar-refractivity contribution >= 4 is 34.4 Å². The number of aryl methyl sites for hydroxylation is 1. The third-order valence-corrected chi connectivity index (χ3v) is 7.96. The van der Waals surface area contributed by atoms with Gasteiger partial charge in [-0.2, -0.15) is 0 Å². The number of piperidine rings is 1. The third kappa shape index (κ3) is 5.19. The van der Waals surface area contributed by atoms with Crippen LogP contribution in [0.15, 0.2) is 47.5 Å². The number of fused-ring (bicyclic) bond motifs is 2. The van der Waals surface area contributed by atoms with Crippen molar-refractivity contribution in [2.24, 2.45) is 0 Å². The molecule has 0 spiro atoms. The Morgan fingerprint density at radius 2 is 2.03 bits per heavy atom. The first-order valence-corrected chi connectivity index (χ1v) is 12.8. The van der Waals surface area contributed by atoms with Gasteiger partial charge in [0.1, 0.15) is 0 Å². The van der Waals surface area contributed by atoms with E-state index in [0.717, 1.165) is 72.5 Å². The van der Waals surface area contributed by atoms with Crippen molar-refractivity contribution < 1.29 is 14.6 Å². The number of rotatable bonds is 7. The number of benzene rings is 1. The molecule has 0 radical (unpaired) electrons. The van der Waals surface area contributed by atoms with Gasteiger partial charge in [0.15, 0.2) is 0 Å². The van der Waals surface area contributed by atoms with E-state index in [2.05, 4.69) is 38.4 Å². The summed E-state index contributed by atoms with van der Waals surface area (Å²) in [4.78, 5) is 24.2. The number of hydrogen-bond acceptors (Lipinski definition) is 7. The van der Waals surface area contributed by atoms with E-state index in [1.807, 2.05) is 24.4 Å². The fraction of sp³-hybridized carbons (Fsp3) is 0.423. The summed E-state index contributed by atoms with van der Waals surface area (Å²) in [7, 11) is 1.61. The monoisotopic (exact) mass is 478 g/mol. The SMILES string of the molecule is COc1ccc2nccc(CCC3(O)CCN(CCc4ccc5c(c4)NC(=O)CS5)CC3)c2n1. The van der Waals surface area contributed by atoms with Crippen molar-refractivity contribution in [2.75, 3.05) is 37.8 Å². The molecule has 2 aliphatic rings. The standard InChI is InChI=1S/C26H30N4O3S/c1-33-24-5-3-20-25(29-24)19(7-12-27-20)6-9-26(32)10-14-30(15-11-26)13-8-18-2-4-22-21(16-18)28-23(31)17-34-22/h2-5,7,12,16,32H,6,8-11,13-15,17H2,1H3,(H,28,31). The molecular weight excluding hydrogens is 448 g/mol. The molecule has 5 rings (SSSR count). The first-order valence-electron chi connectivity index (χ1n) is 11.8. The van der Waals surface area contributed by atoms with Gasteiger partial charge in [0.2, 0.25) is 11.8 Å². The Morgan fingerprint density at radius 3 is 2.85 bits per heavy atom. The maximum atomic E-state index is 11.7. The van der Waals surface area contributed by atoms with Crippen molar-refractivity contribution in [2.45, 2.75) is 42.6 Å². The molecule has 1 saturated heterocycles. The van der Waals surface area contributed by atoms with Crippen LogP contribution in [0.4, 0.5) is 5.69 Å². The fourth-order valence-corrected chi connectivity index (χ4v) is 5.55. The van der Waals surface area contributed by atoms with Gasteiger partial charge in [-0.3, -0.25) is 9.78 Å². The van der Waals surface area contributed by atoms with Gasteiger partial charge in [-0.15, -0.1) is 11.8 Å². The molecule has 1 amide bonds.